The third kappa shape index (κ3) is 2.56. The highest BCUT2D eigenvalue weighted by molar-refractivity contribution is 7.89. The number of thiophene rings is 1. The third-order valence-corrected chi connectivity index (χ3v) is 5.83. The second-order valence-corrected chi connectivity index (χ2v) is 7.01. The Morgan fingerprint density at radius 2 is 1.94 bits per heavy atom. The fourth-order valence-corrected chi connectivity index (χ4v) is 4.27. The molecule has 1 aliphatic heterocycles. The Morgan fingerprint density at radius 3 is 2.44 bits per heavy atom. The molecule has 1 saturated heterocycles. The summed E-state index contributed by atoms with van der Waals surface area (Å²) < 4.78 is 25.9. The number of hydrogen-bond donors (Lipinski definition) is 1. The number of carbonyl (C=O) groups is 1. The molecule has 0 spiro atoms. The predicted octanol–water partition coefficient (Wildman–Crippen LogP) is 0.382. The summed E-state index contributed by atoms with van der Waals surface area (Å²) >= 11 is 0.933. The van der Waals surface area contributed by atoms with Crippen LogP contribution >= 0.6 is 11.3 Å². The molecular formula is C10H14N2O4S2. The highest BCUT2D eigenvalue weighted by Crippen LogP contribution is 2.23. The summed E-state index contributed by atoms with van der Waals surface area (Å²) in [5, 5.41) is 10.2. The molecule has 8 heteroatoms. The van der Waals surface area contributed by atoms with Crippen molar-refractivity contribution >= 4 is 27.3 Å². The number of carboxylic acids is 1. The van der Waals surface area contributed by atoms with Crippen molar-refractivity contribution in [3.63, 3.8) is 0 Å². The van der Waals surface area contributed by atoms with E-state index < -0.39 is 16.0 Å². The highest BCUT2D eigenvalue weighted by Gasteiger charge is 2.28. The normalized spacial score (nSPS) is 18.9. The predicted molar refractivity (Wildman–Crippen MR) is 67.5 cm³/mol. The van der Waals surface area contributed by atoms with E-state index >= 15 is 0 Å². The number of hydrogen-bond acceptors (Lipinski definition) is 5. The molecule has 100 valence electrons. The molecule has 0 bridgehead atoms. The molecule has 0 radical (unpaired) electrons. The van der Waals surface area contributed by atoms with Crippen LogP contribution in [-0.2, 0) is 10.0 Å². The van der Waals surface area contributed by atoms with Gasteiger partial charge < -0.3 is 10.0 Å². The molecule has 2 heterocycles. The van der Waals surface area contributed by atoms with Gasteiger partial charge >= 0.3 is 5.97 Å². The molecule has 0 saturated carbocycles. The van der Waals surface area contributed by atoms with Crippen molar-refractivity contribution < 1.29 is 18.3 Å². The van der Waals surface area contributed by atoms with Crippen molar-refractivity contribution in [1.82, 2.24) is 9.21 Å². The number of carboxylic acid groups (broad SMARTS) is 1. The lowest BCUT2D eigenvalue weighted by Crippen LogP contribution is -2.46. The minimum Gasteiger partial charge on any atom is -0.477 e. The Balaban J connectivity index is 2.22. The van der Waals surface area contributed by atoms with Crippen LogP contribution in [0.3, 0.4) is 0 Å². The summed E-state index contributed by atoms with van der Waals surface area (Å²) in [5.41, 5.74) is 0. The number of piperazine rings is 1. The Bertz CT molecular complexity index is 544. The van der Waals surface area contributed by atoms with Crippen LogP contribution in [0.25, 0.3) is 0 Å². The van der Waals surface area contributed by atoms with Gasteiger partial charge in [0, 0.05) is 31.6 Å². The van der Waals surface area contributed by atoms with Crippen LogP contribution < -0.4 is 0 Å². The van der Waals surface area contributed by atoms with Crippen molar-refractivity contribution in [2.75, 3.05) is 33.2 Å². The smallest absolute Gasteiger partial charge is 0.345 e. The van der Waals surface area contributed by atoms with Crippen LogP contribution in [0.4, 0.5) is 0 Å². The number of nitrogens with zero attached hydrogens (tertiary/aromatic N) is 2. The largest absolute Gasteiger partial charge is 0.477 e. The van der Waals surface area contributed by atoms with Gasteiger partial charge in [0.25, 0.3) is 0 Å². The first kappa shape index (κ1) is 13.5. The summed E-state index contributed by atoms with van der Waals surface area (Å²) in [7, 11) is -1.60. The van der Waals surface area contributed by atoms with Gasteiger partial charge in [-0.15, -0.1) is 11.3 Å². The molecular weight excluding hydrogens is 276 g/mol. The SMILES string of the molecule is CN1CCN(S(=O)(=O)c2csc(C(=O)O)c2)CC1. The molecule has 6 nitrogen and oxygen atoms in total. The first-order chi connectivity index (χ1) is 8.41. The van der Waals surface area contributed by atoms with Crippen molar-refractivity contribution in [2.45, 2.75) is 4.90 Å². The standard InChI is InChI=1S/C10H14N2O4S2/c1-11-2-4-12(5-3-11)18(15,16)8-6-9(10(13)14)17-7-8/h6-7H,2-5H2,1H3,(H,13,14). The Labute approximate surface area is 109 Å². The molecule has 0 amide bonds. The molecule has 18 heavy (non-hydrogen) atoms. The van der Waals surface area contributed by atoms with E-state index in [4.69, 9.17) is 5.11 Å². The maximum atomic E-state index is 12.3. The van der Waals surface area contributed by atoms with Gasteiger partial charge in [0.2, 0.25) is 10.0 Å². The van der Waals surface area contributed by atoms with E-state index in [2.05, 4.69) is 4.90 Å². The molecule has 0 unspecified atom stereocenters. The lowest BCUT2D eigenvalue weighted by molar-refractivity contribution is 0.0702. The van der Waals surface area contributed by atoms with Crippen LogP contribution in [0.5, 0.6) is 0 Å². The fraction of sp³-hybridized carbons (Fsp3) is 0.500. The van der Waals surface area contributed by atoms with Gasteiger partial charge in [-0.25, -0.2) is 13.2 Å². The maximum Gasteiger partial charge on any atom is 0.345 e. The molecule has 0 aliphatic carbocycles. The first-order valence-electron chi connectivity index (χ1n) is 5.42. The Morgan fingerprint density at radius 1 is 1.33 bits per heavy atom. The van der Waals surface area contributed by atoms with Crippen molar-refractivity contribution in [3.05, 3.63) is 16.3 Å². The van der Waals surface area contributed by atoms with E-state index in [9.17, 15) is 13.2 Å². The molecule has 1 fully saturated rings. The van der Waals surface area contributed by atoms with Gasteiger partial charge in [-0.3, -0.25) is 0 Å². The summed E-state index contributed by atoms with van der Waals surface area (Å²) in [6.45, 7) is 2.26. The number of rotatable bonds is 3. The van der Waals surface area contributed by atoms with Crippen LogP contribution in [0.15, 0.2) is 16.3 Å². The molecule has 0 aromatic carbocycles. The molecule has 0 atom stereocenters. The summed E-state index contributed by atoms with van der Waals surface area (Å²) in [6, 6.07) is 1.22. The van der Waals surface area contributed by atoms with Crippen molar-refractivity contribution in [2.24, 2.45) is 0 Å². The second kappa shape index (κ2) is 4.96. The Kier molecular flexibility index (Phi) is 3.71. The fourth-order valence-electron chi connectivity index (χ4n) is 1.74. The molecule has 1 aliphatic rings. The topological polar surface area (TPSA) is 77.9 Å². The molecule has 1 aromatic heterocycles. The molecule has 1 aromatic rings. The zero-order valence-corrected chi connectivity index (χ0v) is 11.5. The van der Waals surface area contributed by atoms with Crippen LogP contribution in [-0.4, -0.2) is 61.9 Å². The minimum absolute atomic E-state index is 0.0442. The number of likely N-dealkylation sites (N-methyl/N-ethyl adjacent to an activating group) is 1. The van der Waals surface area contributed by atoms with E-state index in [0.29, 0.717) is 26.2 Å². The van der Waals surface area contributed by atoms with E-state index in [-0.39, 0.29) is 9.77 Å². The molecule has 2 rings (SSSR count). The average molecular weight is 290 g/mol. The van der Waals surface area contributed by atoms with Gasteiger partial charge in [0.05, 0.1) is 4.90 Å². The average Bonchev–Trinajstić information content (AvgIpc) is 2.79. The molecule has 1 N–H and O–H groups in total. The van der Waals surface area contributed by atoms with Gasteiger partial charge in [-0.05, 0) is 13.1 Å². The summed E-state index contributed by atoms with van der Waals surface area (Å²) in [4.78, 5) is 12.9. The van der Waals surface area contributed by atoms with Crippen molar-refractivity contribution in [3.8, 4) is 0 Å². The lowest BCUT2D eigenvalue weighted by Gasteiger charge is -2.31. The summed E-state index contributed by atoms with van der Waals surface area (Å²) in [5.74, 6) is -1.10. The maximum absolute atomic E-state index is 12.3. The first-order valence-corrected chi connectivity index (χ1v) is 7.74. The van der Waals surface area contributed by atoms with Gasteiger partial charge in [0.1, 0.15) is 4.88 Å². The summed E-state index contributed by atoms with van der Waals surface area (Å²) in [6.07, 6.45) is 0. The lowest BCUT2D eigenvalue weighted by atomic mass is 10.4. The van der Waals surface area contributed by atoms with E-state index in [0.717, 1.165) is 11.3 Å². The van der Waals surface area contributed by atoms with Crippen LogP contribution in [0, 0.1) is 0 Å². The van der Waals surface area contributed by atoms with E-state index in [1.807, 2.05) is 7.05 Å². The second-order valence-electron chi connectivity index (χ2n) is 4.16. The quantitative estimate of drug-likeness (QED) is 0.871. The highest BCUT2D eigenvalue weighted by atomic mass is 32.2. The monoisotopic (exact) mass is 290 g/mol. The van der Waals surface area contributed by atoms with Gasteiger partial charge in [0.15, 0.2) is 0 Å². The minimum atomic E-state index is -3.54. The van der Waals surface area contributed by atoms with Crippen LogP contribution in [0.2, 0.25) is 0 Å². The van der Waals surface area contributed by atoms with Gasteiger partial charge in [-0.1, -0.05) is 0 Å². The zero-order chi connectivity index (χ0) is 13.3. The Hall–Kier alpha value is -0.960. The van der Waals surface area contributed by atoms with E-state index in [1.165, 1.54) is 15.8 Å². The van der Waals surface area contributed by atoms with E-state index in [1.54, 1.807) is 0 Å². The zero-order valence-electron chi connectivity index (χ0n) is 9.87. The number of sulfonamides is 1. The van der Waals surface area contributed by atoms with Gasteiger partial charge in [-0.2, -0.15) is 4.31 Å². The number of aromatic carboxylic acids is 1. The van der Waals surface area contributed by atoms with Crippen molar-refractivity contribution in [1.29, 1.82) is 0 Å². The third-order valence-electron chi connectivity index (χ3n) is 2.89. The van der Waals surface area contributed by atoms with Crippen LogP contribution in [0.1, 0.15) is 9.67 Å².